The molecule has 5 heterocycles. The normalized spacial score (nSPS) is 25.9. The van der Waals surface area contributed by atoms with Crippen LogP contribution < -0.4 is 4.90 Å². The molecule has 29 heavy (non-hydrogen) atoms. The number of carbonyl (C=O) groups excluding carboxylic acids is 1. The minimum atomic E-state index is -0.703. The van der Waals surface area contributed by atoms with E-state index in [4.69, 9.17) is 4.74 Å². The van der Waals surface area contributed by atoms with Crippen LogP contribution in [0.5, 0.6) is 0 Å². The van der Waals surface area contributed by atoms with E-state index in [9.17, 15) is 4.79 Å². The minimum Gasteiger partial charge on any atom is -0.342 e. The van der Waals surface area contributed by atoms with Gasteiger partial charge in [0.05, 0.1) is 12.2 Å². The van der Waals surface area contributed by atoms with Gasteiger partial charge in [-0.25, -0.2) is 9.97 Å². The Bertz CT molecular complexity index is 1060. The fraction of sp³-hybridized carbons (Fsp3) is 0.429. The topological polar surface area (TPSA) is 75.9 Å². The van der Waals surface area contributed by atoms with E-state index in [0.717, 1.165) is 24.4 Å². The van der Waals surface area contributed by atoms with Gasteiger partial charge in [-0.2, -0.15) is 9.61 Å². The Kier molecular flexibility index (Phi) is 3.64. The first-order valence-corrected chi connectivity index (χ1v) is 10.2. The lowest BCUT2D eigenvalue weighted by Crippen LogP contribution is -2.51. The van der Waals surface area contributed by atoms with Crippen molar-refractivity contribution in [3.8, 4) is 0 Å². The molecular formula is C21H22N6O2. The smallest absolute Gasteiger partial charge is 0.257 e. The quantitative estimate of drug-likeness (QED) is 0.668. The fourth-order valence-electron chi connectivity index (χ4n) is 5.07. The highest BCUT2D eigenvalue weighted by Gasteiger charge is 2.58. The van der Waals surface area contributed by atoms with Crippen LogP contribution in [0, 0.1) is 0 Å². The van der Waals surface area contributed by atoms with E-state index in [-0.39, 0.29) is 18.2 Å². The molecule has 0 aliphatic carbocycles. The zero-order valence-electron chi connectivity index (χ0n) is 16.0. The molecule has 0 unspecified atom stereocenters. The summed E-state index contributed by atoms with van der Waals surface area (Å²) in [6.45, 7) is 1.41. The largest absolute Gasteiger partial charge is 0.342 e. The number of anilines is 1. The number of aromatic nitrogens is 4. The van der Waals surface area contributed by atoms with E-state index in [1.165, 1.54) is 5.56 Å². The van der Waals surface area contributed by atoms with Crippen molar-refractivity contribution in [2.24, 2.45) is 0 Å². The summed E-state index contributed by atoms with van der Waals surface area (Å²) in [5.41, 5.74) is 1.27. The second kappa shape index (κ2) is 6.25. The fourth-order valence-corrected chi connectivity index (χ4v) is 5.07. The molecule has 1 aromatic carbocycles. The second-order valence-electron chi connectivity index (χ2n) is 8.04. The number of fused-ring (bicyclic) bond motifs is 2. The summed E-state index contributed by atoms with van der Waals surface area (Å²) in [6, 6.07) is 12.3. The molecule has 6 rings (SSSR count). The minimum absolute atomic E-state index is 0.101. The number of hydrogen-bond donors (Lipinski definition) is 0. The van der Waals surface area contributed by atoms with Crippen LogP contribution in [0.4, 0.5) is 5.95 Å². The van der Waals surface area contributed by atoms with Gasteiger partial charge in [0.15, 0.2) is 11.2 Å². The summed E-state index contributed by atoms with van der Waals surface area (Å²) in [5.74, 6) is 0.920. The van der Waals surface area contributed by atoms with Crippen LogP contribution in [-0.2, 0) is 9.53 Å². The van der Waals surface area contributed by atoms with Gasteiger partial charge in [0, 0.05) is 32.0 Å². The zero-order chi connectivity index (χ0) is 19.4. The number of rotatable bonds is 2. The van der Waals surface area contributed by atoms with Crippen molar-refractivity contribution in [2.75, 3.05) is 18.0 Å². The maximum Gasteiger partial charge on any atom is 0.257 e. The third-order valence-electron chi connectivity index (χ3n) is 6.53. The molecule has 148 valence electrons. The first-order chi connectivity index (χ1) is 14.3. The van der Waals surface area contributed by atoms with Gasteiger partial charge >= 0.3 is 0 Å². The van der Waals surface area contributed by atoms with Crippen LogP contribution in [0.2, 0.25) is 0 Å². The van der Waals surface area contributed by atoms with E-state index in [1.807, 2.05) is 29.2 Å². The number of benzene rings is 1. The van der Waals surface area contributed by atoms with Crippen LogP contribution in [0.25, 0.3) is 5.65 Å². The monoisotopic (exact) mass is 390 g/mol. The SMILES string of the molecule is O=C1N2[C@@H](CC[C@H]2c2ccccc2)OC12CCN(c1ncnc3ccnn13)CC2. The number of ether oxygens (including phenoxy) is 1. The van der Waals surface area contributed by atoms with Crippen molar-refractivity contribution in [1.82, 2.24) is 24.5 Å². The number of amides is 1. The van der Waals surface area contributed by atoms with E-state index in [1.54, 1.807) is 17.0 Å². The highest BCUT2D eigenvalue weighted by molar-refractivity contribution is 5.88. The molecule has 8 heteroatoms. The maximum atomic E-state index is 13.5. The molecule has 0 N–H and O–H groups in total. The first-order valence-electron chi connectivity index (χ1n) is 10.2. The van der Waals surface area contributed by atoms with Gasteiger partial charge in [-0.1, -0.05) is 30.3 Å². The van der Waals surface area contributed by atoms with Crippen molar-refractivity contribution in [2.45, 2.75) is 43.6 Å². The van der Waals surface area contributed by atoms with Crippen molar-refractivity contribution >= 4 is 17.5 Å². The molecule has 2 atom stereocenters. The van der Waals surface area contributed by atoms with Gasteiger partial charge < -0.3 is 14.5 Å². The molecule has 3 fully saturated rings. The molecular weight excluding hydrogens is 368 g/mol. The average molecular weight is 390 g/mol. The van der Waals surface area contributed by atoms with Crippen LogP contribution in [-0.4, -0.2) is 55.3 Å². The van der Waals surface area contributed by atoms with Crippen LogP contribution in [0.15, 0.2) is 48.9 Å². The summed E-state index contributed by atoms with van der Waals surface area (Å²) in [5, 5.41) is 4.33. The zero-order valence-corrected chi connectivity index (χ0v) is 16.0. The highest BCUT2D eigenvalue weighted by Crippen LogP contribution is 2.47. The van der Waals surface area contributed by atoms with E-state index in [0.29, 0.717) is 25.9 Å². The molecule has 8 nitrogen and oxygen atoms in total. The summed E-state index contributed by atoms with van der Waals surface area (Å²) in [7, 11) is 0. The summed E-state index contributed by atoms with van der Waals surface area (Å²) < 4.78 is 8.18. The van der Waals surface area contributed by atoms with E-state index < -0.39 is 5.60 Å². The summed E-state index contributed by atoms with van der Waals surface area (Å²) >= 11 is 0. The van der Waals surface area contributed by atoms with Gasteiger partial charge in [-0.3, -0.25) is 4.79 Å². The Hall–Kier alpha value is -3.00. The lowest BCUT2D eigenvalue weighted by atomic mass is 9.89. The number of nitrogens with zero attached hydrogens (tertiary/aromatic N) is 6. The highest BCUT2D eigenvalue weighted by atomic mass is 16.6. The number of carbonyl (C=O) groups is 1. The van der Waals surface area contributed by atoms with Crippen LogP contribution in [0.1, 0.15) is 37.3 Å². The lowest BCUT2D eigenvalue weighted by molar-refractivity contribution is -0.140. The van der Waals surface area contributed by atoms with Crippen molar-refractivity contribution in [1.29, 1.82) is 0 Å². The predicted octanol–water partition coefficient (Wildman–Crippen LogP) is 2.18. The first kappa shape index (κ1) is 16.9. The maximum absolute atomic E-state index is 13.5. The molecule has 3 aromatic rings. The lowest BCUT2D eigenvalue weighted by Gasteiger charge is -2.37. The van der Waals surface area contributed by atoms with Crippen molar-refractivity contribution in [3.05, 3.63) is 54.5 Å². The Morgan fingerprint density at radius 2 is 1.86 bits per heavy atom. The van der Waals surface area contributed by atoms with Gasteiger partial charge in [0.1, 0.15) is 12.6 Å². The van der Waals surface area contributed by atoms with Gasteiger partial charge in [0.2, 0.25) is 5.95 Å². The van der Waals surface area contributed by atoms with Gasteiger partial charge in [-0.15, -0.1) is 0 Å². The van der Waals surface area contributed by atoms with Crippen molar-refractivity contribution < 1.29 is 9.53 Å². The molecule has 0 saturated carbocycles. The molecule has 1 spiro atoms. The molecule has 0 radical (unpaired) electrons. The predicted molar refractivity (Wildman–Crippen MR) is 105 cm³/mol. The Morgan fingerprint density at radius 3 is 2.69 bits per heavy atom. The molecule has 3 aliphatic heterocycles. The molecule has 3 aliphatic rings. The Balaban J connectivity index is 1.23. The van der Waals surface area contributed by atoms with E-state index >= 15 is 0 Å². The van der Waals surface area contributed by atoms with E-state index in [2.05, 4.69) is 32.1 Å². The molecule has 3 saturated heterocycles. The molecule has 2 aromatic heterocycles. The molecule has 1 amide bonds. The van der Waals surface area contributed by atoms with Crippen molar-refractivity contribution in [3.63, 3.8) is 0 Å². The van der Waals surface area contributed by atoms with Gasteiger partial charge in [-0.05, 0) is 18.4 Å². The summed E-state index contributed by atoms with van der Waals surface area (Å²) in [6.07, 6.45) is 6.36. The third kappa shape index (κ3) is 2.48. The Labute approximate surface area is 168 Å². The number of piperidine rings is 1. The van der Waals surface area contributed by atoms with Crippen LogP contribution >= 0.6 is 0 Å². The van der Waals surface area contributed by atoms with Gasteiger partial charge in [0.25, 0.3) is 5.91 Å². The summed E-state index contributed by atoms with van der Waals surface area (Å²) in [4.78, 5) is 26.3. The second-order valence-corrected chi connectivity index (χ2v) is 8.04. The third-order valence-corrected chi connectivity index (χ3v) is 6.53. The average Bonchev–Trinajstić information content (AvgIpc) is 3.46. The molecule has 0 bridgehead atoms. The number of hydrogen-bond acceptors (Lipinski definition) is 6. The Morgan fingerprint density at radius 1 is 1.03 bits per heavy atom. The van der Waals surface area contributed by atoms with Crippen LogP contribution in [0.3, 0.4) is 0 Å². The standard InChI is InChI=1S/C21H22N6O2/c28-19-21(29-18-7-6-16(26(18)19)15-4-2-1-3-5-15)9-12-25(13-10-21)20-23-14-22-17-8-11-24-27(17)20/h1-5,8,11,14,16,18H,6-7,9-10,12-13H2/t16-,18+/m0/s1.